The predicted molar refractivity (Wildman–Crippen MR) is 109 cm³/mol. The van der Waals surface area contributed by atoms with Crippen molar-refractivity contribution in [1.29, 1.82) is 0 Å². The SMILES string of the molecule is CCCNC(=O)c1ccc2n1CCN(C(=O)c1cc3ccc(Br)cn3n1)C2C. The van der Waals surface area contributed by atoms with Gasteiger partial charge in [-0.1, -0.05) is 6.92 Å². The number of carbonyl (C=O) groups excluding carboxylic acids is 2. The molecule has 0 aliphatic carbocycles. The average Bonchev–Trinajstić information content (AvgIpc) is 3.30. The standard InChI is InChI=1S/C20H22BrN5O2/c1-3-8-22-19(27)18-7-6-17-13(2)24(9-10-25(17)18)20(28)16-11-15-5-4-14(21)12-26(15)23-16/h4-7,11-13H,3,8-10H2,1-2H3,(H,22,27). The summed E-state index contributed by atoms with van der Waals surface area (Å²) >= 11 is 3.42. The molecule has 3 aromatic heterocycles. The smallest absolute Gasteiger partial charge is 0.275 e. The number of hydrogen-bond acceptors (Lipinski definition) is 3. The van der Waals surface area contributed by atoms with E-state index in [9.17, 15) is 9.59 Å². The fraction of sp³-hybridized carbons (Fsp3) is 0.350. The number of amides is 2. The third-order valence-corrected chi connectivity index (χ3v) is 5.62. The van der Waals surface area contributed by atoms with Gasteiger partial charge in [0.1, 0.15) is 5.69 Å². The minimum absolute atomic E-state index is 0.0639. The van der Waals surface area contributed by atoms with Gasteiger partial charge in [0.25, 0.3) is 11.8 Å². The maximum atomic E-state index is 13.1. The van der Waals surface area contributed by atoms with Crippen molar-refractivity contribution in [2.24, 2.45) is 0 Å². The Bertz CT molecular complexity index is 1050. The highest BCUT2D eigenvalue weighted by atomic mass is 79.9. The average molecular weight is 444 g/mol. The zero-order chi connectivity index (χ0) is 19.8. The molecule has 4 heterocycles. The molecule has 28 heavy (non-hydrogen) atoms. The molecule has 4 rings (SSSR count). The van der Waals surface area contributed by atoms with Crippen molar-refractivity contribution in [2.45, 2.75) is 32.9 Å². The van der Waals surface area contributed by atoms with E-state index in [1.165, 1.54) is 0 Å². The zero-order valence-electron chi connectivity index (χ0n) is 15.9. The minimum Gasteiger partial charge on any atom is -0.351 e. The van der Waals surface area contributed by atoms with Crippen LogP contribution in [0.2, 0.25) is 0 Å². The largest absolute Gasteiger partial charge is 0.351 e. The first kappa shape index (κ1) is 18.7. The lowest BCUT2D eigenvalue weighted by molar-refractivity contribution is 0.0635. The van der Waals surface area contributed by atoms with Crippen LogP contribution in [0.3, 0.4) is 0 Å². The second-order valence-corrected chi connectivity index (χ2v) is 7.89. The van der Waals surface area contributed by atoms with Crippen molar-refractivity contribution in [3.8, 4) is 0 Å². The minimum atomic E-state index is -0.134. The highest BCUT2D eigenvalue weighted by Gasteiger charge is 2.31. The third-order valence-electron chi connectivity index (χ3n) is 5.15. The molecule has 1 aliphatic heterocycles. The lowest BCUT2D eigenvalue weighted by Crippen LogP contribution is -2.42. The van der Waals surface area contributed by atoms with Gasteiger partial charge in [0.2, 0.25) is 0 Å². The maximum Gasteiger partial charge on any atom is 0.275 e. The highest BCUT2D eigenvalue weighted by Crippen LogP contribution is 2.29. The Morgan fingerprint density at radius 2 is 2.07 bits per heavy atom. The van der Waals surface area contributed by atoms with Crippen LogP contribution in [0.15, 0.2) is 41.0 Å². The van der Waals surface area contributed by atoms with E-state index in [2.05, 4.69) is 26.3 Å². The predicted octanol–water partition coefficient (Wildman–Crippen LogP) is 3.26. The summed E-state index contributed by atoms with van der Waals surface area (Å²) < 4.78 is 4.62. The molecule has 7 nitrogen and oxygen atoms in total. The van der Waals surface area contributed by atoms with Crippen molar-refractivity contribution >= 4 is 33.3 Å². The van der Waals surface area contributed by atoms with Gasteiger partial charge in [-0.25, -0.2) is 4.52 Å². The van der Waals surface area contributed by atoms with Gasteiger partial charge in [-0.3, -0.25) is 9.59 Å². The summed E-state index contributed by atoms with van der Waals surface area (Å²) in [5, 5.41) is 7.35. The fourth-order valence-electron chi connectivity index (χ4n) is 3.68. The van der Waals surface area contributed by atoms with Crippen molar-refractivity contribution in [3.05, 3.63) is 58.1 Å². The molecule has 0 fully saturated rings. The molecule has 0 spiro atoms. The first-order valence-corrected chi connectivity index (χ1v) is 10.2. The Hall–Kier alpha value is -2.61. The Labute approximate surface area is 171 Å². The second-order valence-electron chi connectivity index (χ2n) is 6.97. The van der Waals surface area contributed by atoms with Gasteiger partial charge in [0, 0.05) is 36.0 Å². The van der Waals surface area contributed by atoms with E-state index in [1.54, 1.807) is 10.6 Å². The van der Waals surface area contributed by atoms with E-state index in [4.69, 9.17) is 0 Å². The number of nitrogens with one attached hydrogen (secondary N) is 1. The van der Waals surface area contributed by atoms with Crippen LogP contribution < -0.4 is 5.32 Å². The van der Waals surface area contributed by atoms with Crippen LogP contribution in [0.1, 0.15) is 53.0 Å². The van der Waals surface area contributed by atoms with Gasteiger partial charge < -0.3 is 14.8 Å². The van der Waals surface area contributed by atoms with Crippen LogP contribution in [-0.4, -0.2) is 44.0 Å². The summed E-state index contributed by atoms with van der Waals surface area (Å²) in [6.45, 7) is 5.80. The Morgan fingerprint density at radius 3 is 2.86 bits per heavy atom. The number of halogens is 1. The van der Waals surface area contributed by atoms with Crippen LogP contribution in [0.4, 0.5) is 0 Å². The molecular formula is C20H22BrN5O2. The lowest BCUT2D eigenvalue weighted by Gasteiger charge is -2.35. The van der Waals surface area contributed by atoms with E-state index in [0.717, 1.165) is 22.1 Å². The molecule has 1 unspecified atom stereocenters. The molecule has 1 atom stereocenters. The van der Waals surface area contributed by atoms with E-state index in [-0.39, 0.29) is 17.9 Å². The van der Waals surface area contributed by atoms with Crippen molar-refractivity contribution in [1.82, 2.24) is 24.4 Å². The third kappa shape index (κ3) is 3.22. The van der Waals surface area contributed by atoms with Gasteiger partial charge in [-0.2, -0.15) is 5.10 Å². The van der Waals surface area contributed by atoms with Crippen molar-refractivity contribution < 1.29 is 9.59 Å². The first-order chi connectivity index (χ1) is 13.5. The molecule has 146 valence electrons. The van der Waals surface area contributed by atoms with Gasteiger partial charge >= 0.3 is 0 Å². The summed E-state index contributed by atoms with van der Waals surface area (Å²) in [4.78, 5) is 27.3. The molecule has 2 amide bonds. The van der Waals surface area contributed by atoms with E-state index in [1.807, 2.05) is 53.8 Å². The highest BCUT2D eigenvalue weighted by molar-refractivity contribution is 9.10. The van der Waals surface area contributed by atoms with Crippen LogP contribution in [0.25, 0.3) is 5.52 Å². The molecule has 0 saturated carbocycles. The molecule has 0 saturated heterocycles. The number of nitrogens with zero attached hydrogens (tertiary/aromatic N) is 4. The Morgan fingerprint density at radius 1 is 1.25 bits per heavy atom. The summed E-state index contributed by atoms with van der Waals surface area (Å²) in [7, 11) is 0. The number of rotatable bonds is 4. The molecule has 0 bridgehead atoms. The van der Waals surface area contributed by atoms with Crippen molar-refractivity contribution in [3.63, 3.8) is 0 Å². The summed E-state index contributed by atoms with van der Waals surface area (Å²) in [6.07, 6.45) is 2.73. The van der Waals surface area contributed by atoms with E-state index >= 15 is 0 Å². The molecule has 0 aromatic carbocycles. The molecule has 1 aliphatic rings. The van der Waals surface area contributed by atoms with Crippen molar-refractivity contribution in [2.75, 3.05) is 13.1 Å². The molecule has 8 heteroatoms. The van der Waals surface area contributed by atoms with Gasteiger partial charge in [0.15, 0.2) is 5.69 Å². The number of aromatic nitrogens is 3. The second kappa shape index (κ2) is 7.43. The molecule has 0 radical (unpaired) electrons. The van der Waals surface area contributed by atoms with Gasteiger partial charge in [-0.05, 0) is 59.6 Å². The van der Waals surface area contributed by atoms with Crippen LogP contribution in [0, 0.1) is 0 Å². The van der Waals surface area contributed by atoms with Crippen LogP contribution >= 0.6 is 15.9 Å². The number of pyridine rings is 1. The first-order valence-electron chi connectivity index (χ1n) is 9.43. The van der Waals surface area contributed by atoms with Crippen LogP contribution in [-0.2, 0) is 6.54 Å². The topological polar surface area (TPSA) is 71.6 Å². The van der Waals surface area contributed by atoms with Gasteiger partial charge in [0.05, 0.1) is 11.6 Å². The number of hydrogen-bond donors (Lipinski definition) is 1. The maximum absolute atomic E-state index is 13.1. The number of fused-ring (bicyclic) bond motifs is 2. The molecule has 3 aromatic rings. The summed E-state index contributed by atoms with van der Waals surface area (Å²) in [5.41, 5.74) is 2.91. The molecule has 1 N–H and O–H groups in total. The van der Waals surface area contributed by atoms with E-state index < -0.39 is 0 Å². The summed E-state index contributed by atoms with van der Waals surface area (Å²) in [6, 6.07) is 9.29. The monoisotopic (exact) mass is 443 g/mol. The van der Waals surface area contributed by atoms with E-state index in [0.29, 0.717) is 31.0 Å². The lowest BCUT2D eigenvalue weighted by atomic mass is 10.1. The zero-order valence-corrected chi connectivity index (χ0v) is 17.4. The molecular weight excluding hydrogens is 422 g/mol. The quantitative estimate of drug-likeness (QED) is 0.672. The Kier molecular flexibility index (Phi) is 4.97. The fourth-order valence-corrected chi connectivity index (χ4v) is 4.00. The number of carbonyl (C=O) groups is 2. The van der Waals surface area contributed by atoms with Gasteiger partial charge in [-0.15, -0.1) is 0 Å². The Balaban J connectivity index is 1.58. The summed E-state index contributed by atoms with van der Waals surface area (Å²) in [5.74, 6) is -0.164. The van der Waals surface area contributed by atoms with Crippen LogP contribution in [0.5, 0.6) is 0 Å². The normalized spacial score (nSPS) is 16.2.